The topological polar surface area (TPSA) is 61.7 Å². The van der Waals surface area contributed by atoms with E-state index in [4.69, 9.17) is 0 Å². The fraction of sp³-hybridized carbons (Fsp3) is 0.370. The normalized spacial score (nSPS) is 18.6. The molecule has 0 bridgehead atoms. The van der Waals surface area contributed by atoms with Gasteiger partial charge in [0, 0.05) is 56.0 Å². The lowest BCUT2D eigenvalue weighted by Crippen LogP contribution is -2.54. The highest BCUT2D eigenvalue weighted by atomic mass is 16.2. The Bertz CT molecular complexity index is 1180. The molecule has 0 saturated carbocycles. The number of rotatable bonds is 5. The second-order valence-electron chi connectivity index (χ2n) is 9.32. The third kappa shape index (κ3) is 4.30. The molecule has 1 fully saturated rings. The molecule has 2 amide bonds. The summed E-state index contributed by atoms with van der Waals surface area (Å²) in [7, 11) is 0. The smallest absolute Gasteiger partial charge is 0.250 e. The van der Waals surface area contributed by atoms with Crippen LogP contribution in [0.25, 0.3) is 0 Å². The highest BCUT2D eigenvalue weighted by molar-refractivity contribution is 6.00. The number of fused-ring (bicyclic) bond motifs is 1. The van der Waals surface area contributed by atoms with Crippen molar-refractivity contribution in [3.63, 3.8) is 0 Å². The Morgan fingerprint density at radius 1 is 1.09 bits per heavy atom. The number of anilines is 2. The lowest BCUT2D eigenvalue weighted by Gasteiger charge is -2.41. The first kappa shape index (κ1) is 22.2. The van der Waals surface area contributed by atoms with Crippen LogP contribution in [0.5, 0.6) is 0 Å². The Balaban J connectivity index is 1.30. The van der Waals surface area contributed by atoms with Crippen LogP contribution >= 0.6 is 0 Å². The number of benzene rings is 2. The van der Waals surface area contributed by atoms with Gasteiger partial charge in [0.15, 0.2) is 0 Å². The quantitative estimate of drug-likeness (QED) is 0.589. The van der Waals surface area contributed by atoms with Crippen molar-refractivity contribution in [1.29, 1.82) is 0 Å². The molecule has 2 aliphatic rings. The third-order valence-corrected chi connectivity index (χ3v) is 7.00. The summed E-state index contributed by atoms with van der Waals surface area (Å²) in [6.07, 6.45) is 6.04. The van der Waals surface area contributed by atoms with E-state index in [1.807, 2.05) is 28.0 Å². The first-order chi connectivity index (χ1) is 16.5. The summed E-state index contributed by atoms with van der Waals surface area (Å²) in [6, 6.07) is 16.1. The molecule has 0 N–H and O–H groups in total. The molecule has 0 unspecified atom stereocenters. The zero-order chi connectivity index (χ0) is 23.7. The standard InChI is InChI=1S/C27H31N5O2/c1-20-6-5-8-23(16-20)31-15-14-29(18-21(31)2)26(33)17-25(30-13-11-28-19-30)27(34)32-12-10-22-7-3-4-9-24(22)32/h3-9,11,13,16,19,21,25H,10,12,14-15,17-18H2,1-2H3/t21-,25+/m0/s1. The Morgan fingerprint density at radius 3 is 2.71 bits per heavy atom. The predicted octanol–water partition coefficient (Wildman–Crippen LogP) is 3.45. The van der Waals surface area contributed by atoms with E-state index in [1.54, 1.807) is 23.3 Å². The maximum Gasteiger partial charge on any atom is 0.250 e. The number of hydrogen-bond donors (Lipinski definition) is 0. The number of nitrogens with zero attached hydrogens (tertiary/aromatic N) is 5. The number of piperazine rings is 1. The third-order valence-electron chi connectivity index (χ3n) is 7.00. The van der Waals surface area contributed by atoms with Gasteiger partial charge >= 0.3 is 0 Å². The van der Waals surface area contributed by atoms with Crippen LogP contribution in [0.4, 0.5) is 11.4 Å². The lowest BCUT2D eigenvalue weighted by atomic mass is 10.1. The molecule has 34 heavy (non-hydrogen) atoms. The molecule has 1 saturated heterocycles. The summed E-state index contributed by atoms with van der Waals surface area (Å²) in [6.45, 7) is 6.96. The number of hydrogen-bond acceptors (Lipinski definition) is 4. The highest BCUT2D eigenvalue weighted by Gasteiger charge is 2.35. The highest BCUT2D eigenvalue weighted by Crippen LogP contribution is 2.31. The summed E-state index contributed by atoms with van der Waals surface area (Å²) in [4.78, 5) is 37.3. The Labute approximate surface area is 200 Å². The SMILES string of the molecule is Cc1cccc(N2CCN(C(=O)C[C@H](C(=O)N3CCc4ccccc43)n3ccnc3)C[C@@H]2C)c1. The second kappa shape index (κ2) is 9.33. The maximum absolute atomic E-state index is 13.7. The van der Waals surface area contributed by atoms with Gasteiger partial charge in [-0.1, -0.05) is 30.3 Å². The van der Waals surface area contributed by atoms with E-state index >= 15 is 0 Å². The van der Waals surface area contributed by atoms with Gasteiger partial charge in [-0.25, -0.2) is 4.98 Å². The lowest BCUT2D eigenvalue weighted by molar-refractivity contribution is -0.135. The Morgan fingerprint density at radius 2 is 1.94 bits per heavy atom. The van der Waals surface area contributed by atoms with Crippen molar-refractivity contribution < 1.29 is 9.59 Å². The van der Waals surface area contributed by atoms with E-state index in [2.05, 4.69) is 54.1 Å². The molecule has 176 valence electrons. The number of carbonyl (C=O) groups is 2. The van der Waals surface area contributed by atoms with Crippen molar-refractivity contribution in [2.24, 2.45) is 0 Å². The van der Waals surface area contributed by atoms with Crippen LogP contribution in [0.15, 0.2) is 67.3 Å². The molecule has 0 aliphatic carbocycles. The van der Waals surface area contributed by atoms with Crippen molar-refractivity contribution in [3.8, 4) is 0 Å². The first-order valence-electron chi connectivity index (χ1n) is 12.0. The van der Waals surface area contributed by atoms with Gasteiger partial charge in [0.05, 0.1) is 12.7 Å². The molecular formula is C27H31N5O2. The molecule has 2 atom stereocenters. The van der Waals surface area contributed by atoms with E-state index in [9.17, 15) is 9.59 Å². The number of aromatic nitrogens is 2. The van der Waals surface area contributed by atoms with Gasteiger partial charge in [-0.05, 0) is 49.6 Å². The van der Waals surface area contributed by atoms with Crippen LogP contribution in [0.3, 0.4) is 0 Å². The van der Waals surface area contributed by atoms with Gasteiger partial charge in [0.25, 0.3) is 5.91 Å². The van der Waals surface area contributed by atoms with Crippen LogP contribution in [-0.4, -0.2) is 58.5 Å². The van der Waals surface area contributed by atoms with E-state index < -0.39 is 6.04 Å². The van der Waals surface area contributed by atoms with E-state index in [-0.39, 0.29) is 24.3 Å². The number of amides is 2. The minimum atomic E-state index is -0.605. The van der Waals surface area contributed by atoms with E-state index in [0.29, 0.717) is 19.6 Å². The molecule has 3 aromatic rings. The average molecular weight is 458 g/mol. The van der Waals surface area contributed by atoms with E-state index in [1.165, 1.54) is 16.8 Å². The van der Waals surface area contributed by atoms with E-state index in [0.717, 1.165) is 18.7 Å². The zero-order valence-corrected chi connectivity index (χ0v) is 19.8. The molecule has 5 rings (SSSR count). The van der Waals surface area contributed by atoms with Crippen LogP contribution in [0, 0.1) is 6.92 Å². The summed E-state index contributed by atoms with van der Waals surface area (Å²) < 4.78 is 1.77. The van der Waals surface area contributed by atoms with Crippen LogP contribution in [-0.2, 0) is 16.0 Å². The van der Waals surface area contributed by atoms with Crippen LogP contribution in [0.2, 0.25) is 0 Å². The molecule has 7 nitrogen and oxygen atoms in total. The summed E-state index contributed by atoms with van der Waals surface area (Å²) in [5.74, 6) is -0.0435. The minimum Gasteiger partial charge on any atom is -0.365 e. The van der Waals surface area contributed by atoms with Crippen molar-refractivity contribution in [2.75, 3.05) is 36.0 Å². The van der Waals surface area contributed by atoms with Gasteiger partial charge < -0.3 is 19.3 Å². The van der Waals surface area contributed by atoms with Gasteiger partial charge in [-0.2, -0.15) is 0 Å². The predicted molar refractivity (Wildman–Crippen MR) is 133 cm³/mol. The van der Waals surface area contributed by atoms with Crippen molar-refractivity contribution in [3.05, 3.63) is 78.4 Å². The summed E-state index contributed by atoms with van der Waals surface area (Å²) in [5.41, 5.74) is 4.55. The molecule has 0 spiro atoms. The molecule has 2 aliphatic heterocycles. The van der Waals surface area contributed by atoms with Gasteiger partial charge in [0.2, 0.25) is 5.91 Å². The Hall–Kier alpha value is -3.61. The van der Waals surface area contributed by atoms with Crippen molar-refractivity contribution >= 4 is 23.2 Å². The van der Waals surface area contributed by atoms with Crippen molar-refractivity contribution in [1.82, 2.24) is 14.5 Å². The minimum absolute atomic E-state index is 0.00951. The molecule has 1 aromatic heterocycles. The molecular weight excluding hydrogens is 426 g/mol. The first-order valence-corrected chi connectivity index (χ1v) is 12.0. The number of aryl methyl sites for hydroxylation is 1. The summed E-state index contributed by atoms with van der Waals surface area (Å²) in [5, 5.41) is 0. The monoisotopic (exact) mass is 457 g/mol. The van der Waals surface area contributed by atoms with Crippen LogP contribution in [0.1, 0.15) is 30.5 Å². The fourth-order valence-corrected chi connectivity index (χ4v) is 5.19. The van der Waals surface area contributed by atoms with Crippen molar-refractivity contribution in [2.45, 2.75) is 38.8 Å². The zero-order valence-electron chi connectivity index (χ0n) is 19.8. The Kier molecular flexibility index (Phi) is 6.09. The van der Waals surface area contributed by atoms with Gasteiger partial charge in [-0.15, -0.1) is 0 Å². The van der Waals surface area contributed by atoms with Crippen LogP contribution < -0.4 is 9.80 Å². The van der Waals surface area contributed by atoms with Gasteiger partial charge in [0.1, 0.15) is 6.04 Å². The molecule has 0 radical (unpaired) electrons. The number of carbonyl (C=O) groups excluding carboxylic acids is 2. The largest absolute Gasteiger partial charge is 0.365 e. The molecule has 7 heteroatoms. The number of para-hydroxylation sites is 1. The second-order valence-corrected chi connectivity index (χ2v) is 9.32. The fourth-order valence-electron chi connectivity index (χ4n) is 5.19. The summed E-state index contributed by atoms with van der Waals surface area (Å²) >= 11 is 0. The molecule has 3 heterocycles. The average Bonchev–Trinajstić information content (AvgIpc) is 3.52. The van der Waals surface area contributed by atoms with Gasteiger partial charge in [-0.3, -0.25) is 9.59 Å². The maximum atomic E-state index is 13.7. The molecule has 2 aromatic carbocycles. The number of imidazole rings is 1.